The molecule has 30 heavy (non-hydrogen) atoms. The van der Waals surface area contributed by atoms with E-state index in [1.165, 1.54) is 0 Å². The lowest BCUT2D eigenvalue weighted by atomic mass is 9.91. The number of ether oxygens (including phenoxy) is 1. The molecule has 1 unspecified atom stereocenters. The van der Waals surface area contributed by atoms with Gasteiger partial charge in [-0.15, -0.1) is 0 Å². The lowest BCUT2D eigenvalue weighted by molar-refractivity contribution is -0.146. The standard InChI is InChI=1S/C25H25NO4/c1-2-30-25(29)23(19-13-7-4-8-14-19)22(17-27)26-24(28)21-16-10-9-15-20(21)18-11-5-3-6-12-18/h3-16,22-23,27H,2,17H2,1H3,(H,26,28)/t22?,23-/m0/s1. The van der Waals surface area contributed by atoms with E-state index in [-0.39, 0.29) is 12.5 Å². The molecule has 5 nitrogen and oxygen atoms in total. The molecule has 3 aromatic carbocycles. The van der Waals surface area contributed by atoms with Crippen molar-refractivity contribution in [3.8, 4) is 11.1 Å². The lowest BCUT2D eigenvalue weighted by Gasteiger charge is -2.26. The van der Waals surface area contributed by atoms with Crippen LogP contribution in [0.2, 0.25) is 0 Å². The van der Waals surface area contributed by atoms with Gasteiger partial charge in [-0.1, -0.05) is 78.9 Å². The summed E-state index contributed by atoms with van der Waals surface area (Å²) >= 11 is 0. The molecular weight excluding hydrogens is 378 g/mol. The third-order valence-electron chi connectivity index (χ3n) is 4.87. The molecule has 3 aromatic rings. The van der Waals surface area contributed by atoms with Crippen LogP contribution < -0.4 is 5.32 Å². The Hall–Kier alpha value is -3.44. The Morgan fingerprint density at radius 3 is 2.13 bits per heavy atom. The Bertz CT molecular complexity index is 973. The molecule has 0 aliphatic heterocycles. The Morgan fingerprint density at radius 2 is 1.50 bits per heavy atom. The second-order valence-electron chi connectivity index (χ2n) is 6.81. The minimum atomic E-state index is -0.831. The maximum absolute atomic E-state index is 13.2. The summed E-state index contributed by atoms with van der Waals surface area (Å²) in [5.41, 5.74) is 2.83. The van der Waals surface area contributed by atoms with Gasteiger partial charge in [-0.3, -0.25) is 9.59 Å². The zero-order chi connectivity index (χ0) is 21.3. The van der Waals surface area contributed by atoms with Crippen molar-refractivity contribution in [3.05, 3.63) is 96.1 Å². The molecule has 0 bridgehead atoms. The van der Waals surface area contributed by atoms with Crippen LogP contribution in [0.15, 0.2) is 84.9 Å². The molecule has 0 aromatic heterocycles. The molecule has 1 amide bonds. The quantitative estimate of drug-likeness (QED) is 0.561. The highest BCUT2D eigenvalue weighted by Gasteiger charge is 2.32. The highest BCUT2D eigenvalue weighted by Crippen LogP contribution is 2.25. The van der Waals surface area contributed by atoms with E-state index in [9.17, 15) is 14.7 Å². The van der Waals surface area contributed by atoms with Crippen molar-refractivity contribution in [3.63, 3.8) is 0 Å². The minimum Gasteiger partial charge on any atom is -0.465 e. The topological polar surface area (TPSA) is 75.6 Å². The van der Waals surface area contributed by atoms with Crippen LogP contribution in [0.3, 0.4) is 0 Å². The first-order valence-electron chi connectivity index (χ1n) is 9.93. The SMILES string of the molecule is CCOC(=O)[C@@H](c1ccccc1)C(CO)NC(=O)c1ccccc1-c1ccccc1. The fourth-order valence-electron chi connectivity index (χ4n) is 3.46. The van der Waals surface area contributed by atoms with E-state index >= 15 is 0 Å². The van der Waals surface area contributed by atoms with Gasteiger partial charge in [-0.2, -0.15) is 0 Å². The van der Waals surface area contributed by atoms with Crippen LogP contribution in [-0.2, 0) is 9.53 Å². The first-order valence-corrected chi connectivity index (χ1v) is 9.93. The number of aliphatic hydroxyl groups excluding tert-OH is 1. The van der Waals surface area contributed by atoms with E-state index < -0.39 is 24.5 Å². The number of hydrogen-bond acceptors (Lipinski definition) is 4. The zero-order valence-electron chi connectivity index (χ0n) is 16.8. The van der Waals surface area contributed by atoms with Crippen molar-refractivity contribution in [1.29, 1.82) is 0 Å². The van der Waals surface area contributed by atoms with Gasteiger partial charge in [0.05, 0.1) is 19.3 Å². The smallest absolute Gasteiger partial charge is 0.315 e. The normalized spacial score (nSPS) is 12.6. The predicted molar refractivity (Wildman–Crippen MR) is 116 cm³/mol. The number of benzene rings is 3. The molecule has 154 valence electrons. The summed E-state index contributed by atoms with van der Waals surface area (Å²) < 4.78 is 5.22. The van der Waals surface area contributed by atoms with E-state index in [0.29, 0.717) is 11.1 Å². The lowest BCUT2D eigenvalue weighted by Crippen LogP contribution is -2.45. The van der Waals surface area contributed by atoms with Gasteiger partial charge in [-0.05, 0) is 29.7 Å². The summed E-state index contributed by atoms with van der Waals surface area (Å²) in [6.45, 7) is 1.53. The summed E-state index contributed by atoms with van der Waals surface area (Å²) in [5.74, 6) is -1.66. The molecule has 0 aliphatic carbocycles. The maximum atomic E-state index is 13.2. The highest BCUT2D eigenvalue weighted by atomic mass is 16.5. The van der Waals surface area contributed by atoms with Gasteiger partial charge >= 0.3 is 5.97 Å². The monoisotopic (exact) mass is 403 g/mol. The number of rotatable bonds is 8. The first kappa shape index (κ1) is 21.3. The van der Waals surface area contributed by atoms with E-state index in [1.807, 2.05) is 60.7 Å². The number of hydrogen-bond donors (Lipinski definition) is 2. The van der Waals surface area contributed by atoms with Crippen LogP contribution in [0.25, 0.3) is 11.1 Å². The highest BCUT2D eigenvalue weighted by molar-refractivity contribution is 6.01. The van der Waals surface area contributed by atoms with E-state index in [4.69, 9.17) is 4.74 Å². The van der Waals surface area contributed by atoms with Crippen LogP contribution in [0.4, 0.5) is 0 Å². The van der Waals surface area contributed by atoms with E-state index in [1.54, 1.807) is 31.2 Å². The average molecular weight is 403 g/mol. The van der Waals surface area contributed by atoms with Gasteiger partial charge in [0.2, 0.25) is 0 Å². The van der Waals surface area contributed by atoms with Crippen LogP contribution in [0.5, 0.6) is 0 Å². The number of carbonyl (C=O) groups is 2. The first-order chi connectivity index (χ1) is 14.7. The molecule has 0 fully saturated rings. The Labute approximate surface area is 176 Å². The Balaban J connectivity index is 1.91. The van der Waals surface area contributed by atoms with Crippen LogP contribution >= 0.6 is 0 Å². The van der Waals surface area contributed by atoms with Crippen molar-refractivity contribution in [2.45, 2.75) is 18.9 Å². The van der Waals surface area contributed by atoms with Crippen molar-refractivity contribution >= 4 is 11.9 Å². The van der Waals surface area contributed by atoms with Gasteiger partial charge in [-0.25, -0.2) is 0 Å². The molecule has 0 aliphatic rings. The molecule has 2 atom stereocenters. The van der Waals surface area contributed by atoms with Crippen LogP contribution in [0, 0.1) is 0 Å². The molecule has 0 spiro atoms. The molecule has 2 N–H and O–H groups in total. The van der Waals surface area contributed by atoms with Crippen molar-refractivity contribution in [2.24, 2.45) is 0 Å². The fourth-order valence-corrected chi connectivity index (χ4v) is 3.46. The zero-order valence-corrected chi connectivity index (χ0v) is 16.8. The maximum Gasteiger partial charge on any atom is 0.315 e. The number of amides is 1. The summed E-state index contributed by atoms with van der Waals surface area (Å²) in [4.78, 5) is 25.8. The third-order valence-corrected chi connectivity index (χ3v) is 4.87. The van der Waals surface area contributed by atoms with E-state index in [0.717, 1.165) is 11.1 Å². The van der Waals surface area contributed by atoms with Crippen LogP contribution in [-0.4, -0.2) is 36.2 Å². The van der Waals surface area contributed by atoms with E-state index in [2.05, 4.69) is 5.32 Å². The number of nitrogens with one attached hydrogen (secondary N) is 1. The van der Waals surface area contributed by atoms with Gasteiger partial charge in [0.15, 0.2) is 0 Å². The second kappa shape index (κ2) is 10.4. The van der Waals surface area contributed by atoms with Crippen molar-refractivity contribution in [2.75, 3.05) is 13.2 Å². The predicted octanol–water partition coefficient (Wildman–Crippen LogP) is 3.79. The number of aliphatic hydroxyl groups is 1. The third kappa shape index (κ3) is 4.93. The molecule has 0 saturated heterocycles. The largest absolute Gasteiger partial charge is 0.465 e. The molecule has 5 heteroatoms. The van der Waals surface area contributed by atoms with Crippen LogP contribution in [0.1, 0.15) is 28.8 Å². The number of carbonyl (C=O) groups excluding carboxylic acids is 2. The molecule has 3 rings (SSSR count). The summed E-state index contributed by atoms with van der Waals surface area (Å²) in [6, 6.07) is 25.1. The van der Waals surface area contributed by atoms with Gasteiger partial charge in [0, 0.05) is 5.56 Å². The molecule has 0 radical (unpaired) electrons. The van der Waals surface area contributed by atoms with Gasteiger partial charge < -0.3 is 15.2 Å². The molecular formula is C25H25NO4. The summed E-state index contributed by atoms with van der Waals surface area (Å²) in [5, 5.41) is 12.9. The molecule has 0 saturated carbocycles. The summed E-state index contributed by atoms with van der Waals surface area (Å²) in [6.07, 6.45) is 0. The second-order valence-corrected chi connectivity index (χ2v) is 6.81. The summed E-state index contributed by atoms with van der Waals surface area (Å²) in [7, 11) is 0. The minimum absolute atomic E-state index is 0.213. The fraction of sp³-hybridized carbons (Fsp3) is 0.200. The molecule has 0 heterocycles. The Kier molecular flexibility index (Phi) is 7.35. The average Bonchev–Trinajstić information content (AvgIpc) is 2.80. The van der Waals surface area contributed by atoms with Crippen molar-refractivity contribution < 1.29 is 19.4 Å². The van der Waals surface area contributed by atoms with Crippen molar-refractivity contribution in [1.82, 2.24) is 5.32 Å². The Morgan fingerprint density at radius 1 is 0.900 bits per heavy atom. The van der Waals surface area contributed by atoms with Gasteiger partial charge in [0.1, 0.15) is 5.92 Å². The van der Waals surface area contributed by atoms with Gasteiger partial charge in [0.25, 0.3) is 5.91 Å². The number of esters is 1.